The van der Waals surface area contributed by atoms with Crippen LogP contribution in [-0.4, -0.2) is 63.2 Å². The highest BCUT2D eigenvalue weighted by Crippen LogP contribution is 2.46. The number of fused-ring (bicyclic) bond motifs is 5. The Hall–Kier alpha value is -3.63. The van der Waals surface area contributed by atoms with Crippen molar-refractivity contribution in [3.63, 3.8) is 0 Å². The lowest BCUT2D eigenvalue weighted by Gasteiger charge is -2.12. The largest absolute Gasteiger partial charge is 0.493 e. The van der Waals surface area contributed by atoms with Crippen LogP contribution in [-0.2, 0) is 4.84 Å². The average Bonchev–Trinajstić information content (AvgIpc) is 3.30. The highest BCUT2D eigenvalue weighted by Gasteiger charge is 2.32. The van der Waals surface area contributed by atoms with E-state index in [1.165, 1.54) is 0 Å². The predicted molar refractivity (Wildman–Crippen MR) is 126 cm³/mol. The zero-order chi connectivity index (χ0) is 22.8. The van der Waals surface area contributed by atoms with E-state index in [0.717, 1.165) is 45.6 Å². The van der Waals surface area contributed by atoms with Crippen LogP contribution < -0.4 is 14.2 Å². The molecule has 1 aliphatic carbocycles. The molecule has 166 valence electrons. The second kappa shape index (κ2) is 8.85. The summed E-state index contributed by atoms with van der Waals surface area (Å²) in [5.41, 5.74) is 5.39. The molecule has 1 aromatic heterocycles. The predicted octanol–water partition coefficient (Wildman–Crippen LogP) is 3.90. The Kier molecular flexibility index (Phi) is 5.97. The number of ether oxygens (including phenoxy) is 3. The van der Waals surface area contributed by atoms with Crippen molar-refractivity contribution in [2.24, 2.45) is 5.16 Å². The maximum atomic E-state index is 5.96. The number of nitrogens with zero attached hydrogens (tertiary/aromatic N) is 2. The number of rotatable bonds is 8. The summed E-state index contributed by atoms with van der Waals surface area (Å²) in [4.78, 5) is 11.2. The molecule has 7 heteroatoms. The molecule has 0 fully saturated rings. The molecule has 0 bridgehead atoms. The zero-order valence-electron chi connectivity index (χ0n) is 19.0. The van der Waals surface area contributed by atoms with Crippen molar-refractivity contribution in [2.45, 2.75) is 13.0 Å². The minimum Gasteiger partial charge on any atom is -0.493 e. The molecular weight excluding hydrogens is 406 g/mol. The van der Waals surface area contributed by atoms with Crippen LogP contribution in [0.25, 0.3) is 22.2 Å². The van der Waals surface area contributed by atoms with Gasteiger partial charge in [-0.25, -0.2) is 0 Å². The van der Waals surface area contributed by atoms with Gasteiger partial charge in [0.25, 0.3) is 0 Å². The Morgan fingerprint density at radius 1 is 1.09 bits per heavy atom. The number of terminal acetylenes is 1. The van der Waals surface area contributed by atoms with Crippen molar-refractivity contribution in [1.29, 1.82) is 0 Å². The van der Waals surface area contributed by atoms with Crippen molar-refractivity contribution in [3.05, 3.63) is 41.5 Å². The van der Waals surface area contributed by atoms with Crippen LogP contribution >= 0.6 is 0 Å². The molecule has 1 atom stereocenters. The highest BCUT2D eigenvalue weighted by molar-refractivity contribution is 6.30. The standard InChI is InChI=1S/C25H27N3O4/c1-7-15(2)32-27-25-18-14-22(30-6)21(29-5)13-17(18)24-23(25)19-12-16(8-9-20(19)26-24)31-11-10-28(3)4/h1,8-9,12-15,26H,10-11H2,2-6H3/b27-25+/t15-/m0/s1. The molecule has 1 N–H and O–H groups in total. The Balaban J connectivity index is 1.85. The van der Waals surface area contributed by atoms with Gasteiger partial charge in [0.05, 0.1) is 19.9 Å². The number of H-pyrrole nitrogens is 1. The second-order valence-electron chi connectivity index (χ2n) is 7.84. The molecule has 2 aromatic carbocycles. The monoisotopic (exact) mass is 433 g/mol. The zero-order valence-corrected chi connectivity index (χ0v) is 19.0. The molecular formula is C25H27N3O4. The summed E-state index contributed by atoms with van der Waals surface area (Å²) in [5, 5.41) is 5.45. The second-order valence-corrected chi connectivity index (χ2v) is 7.84. The van der Waals surface area contributed by atoms with Crippen molar-refractivity contribution in [2.75, 3.05) is 41.5 Å². The van der Waals surface area contributed by atoms with Crippen LogP contribution in [0.2, 0.25) is 0 Å². The lowest BCUT2D eigenvalue weighted by Crippen LogP contribution is -2.19. The minimum absolute atomic E-state index is 0.453. The van der Waals surface area contributed by atoms with Gasteiger partial charge < -0.3 is 28.9 Å². The smallest absolute Gasteiger partial charge is 0.184 e. The molecule has 4 rings (SSSR count). The first-order valence-electron chi connectivity index (χ1n) is 10.4. The third-order valence-corrected chi connectivity index (χ3v) is 5.40. The Morgan fingerprint density at radius 3 is 2.47 bits per heavy atom. The average molecular weight is 434 g/mol. The third kappa shape index (κ3) is 3.85. The highest BCUT2D eigenvalue weighted by atomic mass is 16.6. The van der Waals surface area contributed by atoms with E-state index < -0.39 is 6.10 Å². The van der Waals surface area contributed by atoms with Crippen LogP contribution in [0.3, 0.4) is 0 Å². The third-order valence-electron chi connectivity index (χ3n) is 5.40. The van der Waals surface area contributed by atoms with Gasteiger partial charge in [-0.1, -0.05) is 11.1 Å². The number of aromatic nitrogens is 1. The van der Waals surface area contributed by atoms with E-state index in [9.17, 15) is 0 Å². The first-order chi connectivity index (χ1) is 15.5. The summed E-state index contributed by atoms with van der Waals surface area (Å²) in [6, 6.07) is 9.87. The van der Waals surface area contributed by atoms with Gasteiger partial charge in [-0.05, 0) is 51.4 Å². The molecule has 1 aliphatic rings. The van der Waals surface area contributed by atoms with Gasteiger partial charge in [0, 0.05) is 34.1 Å². The van der Waals surface area contributed by atoms with Gasteiger partial charge in [0.1, 0.15) is 18.1 Å². The SMILES string of the molecule is C#C[C@H](C)O/N=C1\c2cc(OC)c(OC)cc2-c2[nH]c3ccc(OCCN(C)C)cc3c21. The van der Waals surface area contributed by atoms with Gasteiger partial charge >= 0.3 is 0 Å². The Bertz CT molecular complexity index is 1220. The fourth-order valence-electron chi connectivity index (χ4n) is 3.73. The fourth-order valence-corrected chi connectivity index (χ4v) is 3.73. The molecule has 0 amide bonds. The molecule has 0 saturated carbocycles. The molecule has 0 radical (unpaired) electrons. The van der Waals surface area contributed by atoms with Gasteiger partial charge in [0.15, 0.2) is 17.6 Å². The first kappa shape index (κ1) is 21.6. The number of methoxy groups -OCH3 is 2. The molecule has 0 saturated heterocycles. The molecule has 7 nitrogen and oxygen atoms in total. The molecule has 0 unspecified atom stereocenters. The van der Waals surface area contributed by atoms with Crippen molar-refractivity contribution < 1.29 is 19.0 Å². The Morgan fingerprint density at radius 2 is 1.81 bits per heavy atom. The maximum absolute atomic E-state index is 5.96. The Labute approximate surface area is 187 Å². The summed E-state index contributed by atoms with van der Waals surface area (Å²) in [5.74, 6) is 4.60. The van der Waals surface area contributed by atoms with Gasteiger partial charge in [-0.2, -0.15) is 0 Å². The number of oxime groups is 1. The normalized spacial score (nSPS) is 14.2. The van der Waals surface area contributed by atoms with Crippen molar-refractivity contribution in [1.82, 2.24) is 9.88 Å². The van der Waals surface area contributed by atoms with E-state index in [1.807, 2.05) is 44.4 Å². The van der Waals surface area contributed by atoms with Crippen LogP contribution in [0.15, 0.2) is 35.5 Å². The van der Waals surface area contributed by atoms with Gasteiger partial charge in [0.2, 0.25) is 0 Å². The number of likely N-dealkylation sites (N-methyl/N-ethyl adjacent to an activating group) is 1. The molecule has 32 heavy (non-hydrogen) atoms. The number of hydrogen-bond acceptors (Lipinski definition) is 6. The number of nitrogens with one attached hydrogen (secondary N) is 1. The van der Waals surface area contributed by atoms with E-state index in [4.69, 9.17) is 25.5 Å². The summed E-state index contributed by atoms with van der Waals surface area (Å²) in [7, 11) is 7.27. The molecule has 1 heterocycles. The fraction of sp³-hybridized carbons (Fsp3) is 0.320. The van der Waals surface area contributed by atoms with E-state index >= 15 is 0 Å². The summed E-state index contributed by atoms with van der Waals surface area (Å²) >= 11 is 0. The molecule has 0 aliphatic heterocycles. The number of aromatic amines is 1. The van der Waals surface area contributed by atoms with Crippen LogP contribution in [0.5, 0.6) is 17.2 Å². The van der Waals surface area contributed by atoms with Crippen molar-refractivity contribution in [3.8, 4) is 40.8 Å². The topological polar surface area (TPSA) is 68.3 Å². The number of hydrogen-bond donors (Lipinski definition) is 1. The van der Waals surface area contributed by atoms with E-state index in [-0.39, 0.29) is 0 Å². The summed E-state index contributed by atoms with van der Waals surface area (Å²) in [6.45, 7) is 3.21. The number of benzene rings is 2. The molecule has 0 spiro atoms. The van der Waals surface area contributed by atoms with Crippen LogP contribution in [0, 0.1) is 12.3 Å². The van der Waals surface area contributed by atoms with E-state index in [1.54, 1.807) is 21.1 Å². The van der Waals surface area contributed by atoms with Gasteiger partial charge in [-0.15, -0.1) is 6.42 Å². The minimum atomic E-state index is -0.453. The summed E-state index contributed by atoms with van der Waals surface area (Å²) < 4.78 is 17.0. The molecule has 3 aromatic rings. The summed E-state index contributed by atoms with van der Waals surface area (Å²) in [6.07, 6.45) is 5.03. The van der Waals surface area contributed by atoms with E-state index in [2.05, 4.69) is 21.0 Å². The van der Waals surface area contributed by atoms with Crippen LogP contribution in [0.1, 0.15) is 18.1 Å². The quantitative estimate of drug-likeness (QED) is 0.337. The van der Waals surface area contributed by atoms with Crippen LogP contribution in [0.4, 0.5) is 0 Å². The maximum Gasteiger partial charge on any atom is 0.184 e. The lowest BCUT2D eigenvalue weighted by molar-refractivity contribution is 0.113. The van der Waals surface area contributed by atoms with E-state index in [0.29, 0.717) is 23.8 Å². The van der Waals surface area contributed by atoms with Gasteiger partial charge in [-0.3, -0.25) is 0 Å². The van der Waals surface area contributed by atoms with Crippen molar-refractivity contribution >= 4 is 16.6 Å². The first-order valence-corrected chi connectivity index (χ1v) is 10.4. The lowest BCUT2D eigenvalue weighted by atomic mass is 10.1.